The molecule has 1 amide bonds. The Balaban J connectivity index is 1.94. The van der Waals surface area contributed by atoms with E-state index >= 15 is 0 Å². The van der Waals surface area contributed by atoms with Gasteiger partial charge in [0, 0.05) is 13.1 Å². The van der Waals surface area contributed by atoms with Crippen LogP contribution in [-0.2, 0) is 4.79 Å². The Morgan fingerprint density at radius 3 is 2.72 bits per heavy atom. The molecule has 0 spiro atoms. The number of hydrogen-bond acceptors (Lipinski definition) is 2. The lowest BCUT2D eigenvalue weighted by atomic mass is 9.99. The monoisotopic (exact) mass is 244 g/mol. The molecule has 0 aliphatic carbocycles. The zero-order valence-corrected chi connectivity index (χ0v) is 10.9. The van der Waals surface area contributed by atoms with E-state index < -0.39 is 0 Å². The first-order chi connectivity index (χ1) is 8.81. The van der Waals surface area contributed by atoms with Gasteiger partial charge in [-0.15, -0.1) is 0 Å². The van der Waals surface area contributed by atoms with Crippen LogP contribution in [0.5, 0.6) is 0 Å². The molecule has 0 unspecified atom stereocenters. The van der Waals surface area contributed by atoms with Gasteiger partial charge in [-0.2, -0.15) is 0 Å². The molecular formula is C15H20N2O. The van der Waals surface area contributed by atoms with Crippen molar-refractivity contribution in [1.82, 2.24) is 10.2 Å². The summed E-state index contributed by atoms with van der Waals surface area (Å²) in [5.74, 6) is 0.195. The lowest BCUT2D eigenvalue weighted by Gasteiger charge is -2.26. The Morgan fingerprint density at radius 1 is 1.33 bits per heavy atom. The third-order valence-electron chi connectivity index (χ3n) is 3.23. The van der Waals surface area contributed by atoms with Gasteiger partial charge in [-0.05, 0) is 24.1 Å². The molecule has 1 aliphatic heterocycles. The second-order valence-electron chi connectivity index (χ2n) is 4.47. The Labute approximate surface area is 108 Å². The van der Waals surface area contributed by atoms with E-state index in [9.17, 15) is 4.79 Å². The van der Waals surface area contributed by atoms with Crippen LogP contribution < -0.4 is 5.32 Å². The van der Waals surface area contributed by atoms with E-state index in [1.54, 1.807) is 0 Å². The maximum atomic E-state index is 11.8. The number of rotatable bonds is 4. The van der Waals surface area contributed by atoms with Crippen LogP contribution in [0.2, 0.25) is 0 Å². The molecule has 0 aromatic heterocycles. The average molecular weight is 244 g/mol. The largest absolute Gasteiger partial charge is 0.338 e. The van der Waals surface area contributed by atoms with E-state index in [4.69, 9.17) is 0 Å². The molecule has 0 radical (unpaired) electrons. The standard InChI is InChI=1S/C15H20N2O/c1-2-16-12-15(18)17-10-8-14(9-11-17)13-6-4-3-5-7-13/h3-8,16H,2,9-12H2,1H3. The predicted molar refractivity (Wildman–Crippen MR) is 74.2 cm³/mol. The topological polar surface area (TPSA) is 32.3 Å². The predicted octanol–water partition coefficient (Wildman–Crippen LogP) is 1.91. The third-order valence-corrected chi connectivity index (χ3v) is 3.23. The zero-order valence-electron chi connectivity index (χ0n) is 10.9. The molecule has 1 aromatic carbocycles. The molecule has 3 nitrogen and oxygen atoms in total. The van der Waals surface area contributed by atoms with Gasteiger partial charge in [0.05, 0.1) is 6.54 Å². The molecule has 96 valence electrons. The minimum Gasteiger partial charge on any atom is -0.338 e. The smallest absolute Gasteiger partial charge is 0.236 e. The van der Waals surface area contributed by atoms with E-state index in [2.05, 4.69) is 35.7 Å². The minimum atomic E-state index is 0.195. The average Bonchev–Trinajstić information content (AvgIpc) is 2.46. The lowest BCUT2D eigenvalue weighted by Crippen LogP contribution is -2.40. The summed E-state index contributed by atoms with van der Waals surface area (Å²) in [4.78, 5) is 13.7. The molecule has 1 N–H and O–H groups in total. The fraction of sp³-hybridized carbons (Fsp3) is 0.400. The SMILES string of the molecule is CCNCC(=O)N1CC=C(c2ccccc2)CC1. The van der Waals surface area contributed by atoms with Crippen LogP contribution in [0.1, 0.15) is 18.9 Å². The number of hydrogen-bond donors (Lipinski definition) is 1. The van der Waals surface area contributed by atoms with Crippen molar-refractivity contribution in [1.29, 1.82) is 0 Å². The summed E-state index contributed by atoms with van der Waals surface area (Å²) < 4.78 is 0. The lowest BCUT2D eigenvalue weighted by molar-refractivity contribution is -0.129. The molecule has 0 bridgehead atoms. The van der Waals surface area contributed by atoms with E-state index in [-0.39, 0.29) is 5.91 Å². The summed E-state index contributed by atoms with van der Waals surface area (Å²) in [6, 6.07) is 10.4. The Hall–Kier alpha value is -1.61. The van der Waals surface area contributed by atoms with Gasteiger partial charge in [-0.1, -0.05) is 43.3 Å². The summed E-state index contributed by atoms with van der Waals surface area (Å²) in [7, 11) is 0. The molecule has 1 aromatic rings. The van der Waals surface area contributed by atoms with E-state index in [0.717, 1.165) is 26.1 Å². The van der Waals surface area contributed by atoms with Crippen molar-refractivity contribution < 1.29 is 4.79 Å². The third kappa shape index (κ3) is 3.20. The van der Waals surface area contributed by atoms with E-state index in [1.165, 1.54) is 11.1 Å². The minimum absolute atomic E-state index is 0.195. The van der Waals surface area contributed by atoms with E-state index in [0.29, 0.717) is 6.54 Å². The van der Waals surface area contributed by atoms with Crippen molar-refractivity contribution in [3.05, 3.63) is 42.0 Å². The van der Waals surface area contributed by atoms with Crippen LogP contribution in [0, 0.1) is 0 Å². The van der Waals surface area contributed by atoms with Crippen molar-refractivity contribution in [2.24, 2.45) is 0 Å². The number of carbonyl (C=O) groups excluding carboxylic acids is 1. The van der Waals surface area contributed by atoms with Gasteiger partial charge in [0.2, 0.25) is 5.91 Å². The molecule has 18 heavy (non-hydrogen) atoms. The fourth-order valence-electron chi connectivity index (χ4n) is 2.15. The van der Waals surface area contributed by atoms with Gasteiger partial charge >= 0.3 is 0 Å². The summed E-state index contributed by atoms with van der Waals surface area (Å²) in [6.45, 7) is 4.85. The molecular weight excluding hydrogens is 224 g/mol. The van der Waals surface area contributed by atoms with Gasteiger partial charge in [0.25, 0.3) is 0 Å². The van der Waals surface area contributed by atoms with Gasteiger partial charge in [-0.3, -0.25) is 4.79 Å². The van der Waals surface area contributed by atoms with Crippen molar-refractivity contribution >= 4 is 11.5 Å². The maximum Gasteiger partial charge on any atom is 0.236 e. The highest BCUT2D eigenvalue weighted by Gasteiger charge is 2.16. The highest BCUT2D eigenvalue weighted by molar-refractivity contribution is 5.80. The van der Waals surface area contributed by atoms with Crippen LogP contribution in [0.15, 0.2) is 36.4 Å². The molecule has 0 saturated heterocycles. The van der Waals surface area contributed by atoms with Crippen molar-refractivity contribution in [2.45, 2.75) is 13.3 Å². The van der Waals surface area contributed by atoms with Crippen molar-refractivity contribution in [3.8, 4) is 0 Å². The first kappa shape index (κ1) is 12.8. The van der Waals surface area contributed by atoms with Crippen LogP contribution in [0.25, 0.3) is 5.57 Å². The molecule has 1 aliphatic rings. The molecule has 0 atom stereocenters. The number of benzene rings is 1. The van der Waals surface area contributed by atoms with Crippen molar-refractivity contribution in [3.63, 3.8) is 0 Å². The molecule has 3 heteroatoms. The highest BCUT2D eigenvalue weighted by atomic mass is 16.2. The molecule has 1 heterocycles. The Morgan fingerprint density at radius 2 is 2.11 bits per heavy atom. The first-order valence-corrected chi connectivity index (χ1v) is 6.54. The number of carbonyl (C=O) groups is 1. The number of amides is 1. The molecule has 0 fully saturated rings. The maximum absolute atomic E-state index is 11.8. The number of nitrogens with zero attached hydrogens (tertiary/aromatic N) is 1. The van der Waals surface area contributed by atoms with Gasteiger partial charge in [0.1, 0.15) is 0 Å². The zero-order chi connectivity index (χ0) is 12.8. The normalized spacial score (nSPS) is 15.4. The van der Waals surface area contributed by atoms with Gasteiger partial charge < -0.3 is 10.2 Å². The van der Waals surface area contributed by atoms with Crippen LogP contribution >= 0.6 is 0 Å². The summed E-state index contributed by atoms with van der Waals surface area (Å²) >= 11 is 0. The number of nitrogens with one attached hydrogen (secondary N) is 1. The summed E-state index contributed by atoms with van der Waals surface area (Å²) in [5, 5.41) is 3.08. The molecule has 0 saturated carbocycles. The van der Waals surface area contributed by atoms with Crippen LogP contribution in [0.3, 0.4) is 0 Å². The number of likely N-dealkylation sites (N-methyl/N-ethyl adjacent to an activating group) is 1. The van der Waals surface area contributed by atoms with E-state index in [1.807, 2.05) is 17.9 Å². The Kier molecular flexibility index (Phi) is 4.53. The van der Waals surface area contributed by atoms with Crippen LogP contribution in [0.4, 0.5) is 0 Å². The second kappa shape index (κ2) is 6.36. The van der Waals surface area contributed by atoms with Gasteiger partial charge in [0.15, 0.2) is 0 Å². The molecule has 2 rings (SSSR count). The Bertz CT molecular complexity index is 425. The van der Waals surface area contributed by atoms with Gasteiger partial charge in [-0.25, -0.2) is 0 Å². The first-order valence-electron chi connectivity index (χ1n) is 6.54. The van der Waals surface area contributed by atoms with Crippen molar-refractivity contribution in [2.75, 3.05) is 26.2 Å². The highest BCUT2D eigenvalue weighted by Crippen LogP contribution is 2.21. The fourth-order valence-corrected chi connectivity index (χ4v) is 2.15. The summed E-state index contributed by atoms with van der Waals surface area (Å²) in [5.41, 5.74) is 2.62. The quantitative estimate of drug-likeness (QED) is 0.877. The second-order valence-corrected chi connectivity index (χ2v) is 4.47. The van der Waals surface area contributed by atoms with Crippen LogP contribution in [-0.4, -0.2) is 37.0 Å². The summed E-state index contributed by atoms with van der Waals surface area (Å²) in [6.07, 6.45) is 3.12.